The molecule has 3 heterocycles. The van der Waals surface area contributed by atoms with Gasteiger partial charge in [0.15, 0.2) is 6.29 Å². The average molecular weight is 521 g/mol. The van der Waals surface area contributed by atoms with Gasteiger partial charge in [0.1, 0.15) is 17.6 Å². The maximum Gasteiger partial charge on any atom is 0.327 e. The zero-order chi connectivity index (χ0) is 27.5. The molecule has 2 aliphatic rings. The Hall–Kier alpha value is -3.97. The molecule has 1 saturated heterocycles. The van der Waals surface area contributed by atoms with Gasteiger partial charge in [0.2, 0.25) is 5.91 Å². The number of fused-ring (bicyclic) bond motifs is 1. The monoisotopic (exact) mass is 520 g/mol. The fraction of sp³-hybridized carbons (Fsp3) is 0.464. The van der Waals surface area contributed by atoms with Crippen LogP contribution in [0.4, 0.5) is 10.6 Å². The number of aromatic nitrogens is 1. The molecule has 0 saturated carbocycles. The first-order valence-electron chi connectivity index (χ1n) is 13.0. The number of allylic oxidation sites excluding steroid dienone is 5. The van der Waals surface area contributed by atoms with Crippen LogP contribution < -0.4 is 15.5 Å². The van der Waals surface area contributed by atoms with Gasteiger partial charge in [-0.25, -0.2) is 9.78 Å². The standard InChI is InChI=1S/C28H36N6O4/c1-4-5-8-22(17-29)24(30-11-14-38-3)15-20(2)31-28(37)34-13-6-9-21-16-23(25(19-35)32-27(21)34)18-33-12-7-10-26(33)36/h5,8,15-16,19,30H,4,6-7,9-14,18H2,1-3H3,(H,31,37)/b8-5+,20-15+,24-22-. The molecule has 3 rings (SSSR count). The van der Waals surface area contributed by atoms with Gasteiger partial charge in [0, 0.05) is 51.0 Å². The molecule has 10 heteroatoms. The summed E-state index contributed by atoms with van der Waals surface area (Å²) in [6.45, 7) is 6.17. The number of carbonyl (C=O) groups excluding carboxylic acids is 3. The third-order valence-electron chi connectivity index (χ3n) is 6.38. The van der Waals surface area contributed by atoms with E-state index in [-0.39, 0.29) is 17.6 Å². The molecule has 38 heavy (non-hydrogen) atoms. The molecule has 0 aromatic carbocycles. The SMILES string of the molecule is CC/C=C/C(C#N)=C(\C=C(/C)NC(=O)N1CCCc2cc(CN3CCCC3=O)c(C=O)nc21)NCCOC. The number of anilines is 1. The number of rotatable bonds is 11. The van der Waals surface area contributed by atoms with Crippen molar-refractivity contribution in [1.29, 1.82) is 5.26 Å². The van der Waals surface area contributed by atoms with Crippen LogP contribution in [-0.2, 0) is 22.5 Å². The first-order chi connectivity index (χ1) is 18.4. The van der Waals surface area contributed by atoms with Crippen LogP contribution in [0.2, 0.25) is 0 Å². The van der Waals surface area contributed by atoms with Crippen molar-refractivity contribution in [1.82, 2.24) is 20.5 Å². The minimum Gasteiger partial charge on any atom is -0.383 e. The van der Waals surface area contributed by atoms with Crippen LogP contribution in [0, 0.1) is 11.3 Å². The number of likely N-dealkylation sites (tertiary alicyclic amines) is 1. The fourth-order valence-corrected chi connectivity index (χ4v) is 4.48. The Labute approximate surface area is 224 Å². The third-order valence-corrected chi connectivity index (χ3v) is 6.38. The molecular weight excluding hydrogens is 484 g/mol. The highest BCUT2D eigenvalue weighted by Gasteiger charge is 2.27. The number of methoxy groups -OCH3 is 1. The highest BCUT2D eigenvalue weighted by atomic mass is 16.5. The number of carbonyl (C=O) groups is 3. The van der Waals surface area contributed by atoms with E-state index in [1.54, 1.807) is 31.1 Å². The van der Waals surface area contributed by atoms with Crippen molar-refractivity contribution < 1.29 is 19.1 Å². The van der Waals surface area contributed by atoms with Crippen molar-refractivity contribution in [3.05, 3.63) is 58.1 Å². The van der Waals surface area contributed by atoms with E-state index in [0.717, 1.165) is 31.2 Å². The van der Waals surface area contributed by atoms with Crippen LogP contribution in [0.1, 0.15) is 61.1 Å². The summed E-state index contributed by atoms with van der Waals surface area (Å²) in [5, 5.41) is 15.7. The molecule has 0 bridgehead atoms. The number of nitrogens with zero attached hydrogens (tertiary/aromatic N) is 4. The predicted octanol–water partition coefficient (Wildman–Crippen LogP) is 3.36. The van der Waals surface area contributed by atoms with Gasteiger partial charge >= 0.3 is 6.03 Å². The minimum atomic E-state index is -0.370. The molecule has 3 amide bonds. The Morgan fingerprint density at radius 1 is 1.29 bits per heavy atom. The van der Waals surface area contributed by atoms with Crippen molar-refractivity contribution in [3.63, 3.8) is 0 Å². The molecule has 0 atom stereocenters. The lowest BCUT2D eigenvalue weighted by molar-refractivity contribution is -0.128. The second-order valence-electron chi connectivity index (χ2n) is 9.23. The molecule has 0 aliphatic carbocycles. The number of ether oxygens (including phenoxy) is 1. The summed E-state index contributed by atoms with van der Waals surface area (Å²) in [6.07, 6.45) is 9.66. The van der Waals surface area contributed by atoms with Crippen molar-refractivity contribution >= 4 is 24.0 Å². The van der Waals surface area contributed by atoms with E-state index < -0.39 is 0 Å². The molecule has 0 unspecified atom stereocenters. The zero-order valence-corrected chi connectivity index (χ0v) is 22.4. The number of amides is 3. The summed E-state index contributed by atoms with van der Waals surface area (Å²) in [4.78, 5) is 45.1. The maximum absolute atomic E-state index is 13.3. The Morgan fingerprint density at radius 2 is 2.08 bits per heavy atom. The smallest absolute Gasteiger partial charge is 0.327 e. The molecule has 0 spiro atoms. The summed E-state index contributed by atoms with van der Waals surface area (Å²) in [6, 6.07) is 3.73. The number of hydrogen-bond donors (Lipinski definition) is 2. The van der Waals surface area contributed by atoms with Crippen LogP contribution in [0.3, 0.4) is 0 Å². The van der Waals surface area contributed by atoms with Crippen molar-refractivity contribution in [2.75, 3.05) is 38.3 Å². The largest absolute Gasteiger partial charge is 0.383 e. The zero-order valence-electron chi connectivity index (χ0n) is 22.4. The quantitative estimate of drug-likeness (QED) is 0.198. The lowest BCUT2D eigenvalue weighted by atomic mass is 10.0. The van der Waals surface area contributed by atoms with Gasteiger partial charge in [0.25, 0.3) is 0 Å². The molecule has 2 aliphatic heterocycles. The van der Waals surface area contributed by atoms with E-state index in [2.05, 4.69) is 21.7 Å². The highest BCUT2D eigenvalue weighted by Crippen LogP contribution is 2.28. The molecule has 202 valence electrons. The molecule has 1 aromatic heterocycles. The molecule has 0 radical (unpaired) electrons. The average Bonchev–Trinajstić information content (AvgIpc) is 3.32. The maximum atomic E-state index is 13.3. The van der Waals surface area contributed by atoms with Gasteiger partial charge < -0.3 is 20.3 Å². The number of pyridine rings is 1. The normalized spacial score (nSPS) is 16.3. The first kappa shape index (κ1) is 28.6. The molecular formula is C28H36N6O4. The summed E-state index contributed by atoms with van der Waals surface area (Å²) < 4.78 is 5.10. The minimum absolute atomic E-state index is 0.0812. The summed E-state index contributed by atoms with van der Waals surface area (Å²) in [7, 11) is 1.60. The summed E-state index contributed by atoms with van der Waals surface area (Å²) >= 11 is 0. The number of hydrogen-bond acceptors (Lipinski definition) is 7. The van der Waals surface area contributed by atoms with Gasteiger partial charge in [-0.2, -0.15) is 5.26 Å². The molecule has 1 aromatic rings. The Balaban J connectivity index is 1.83. The topological polar surface area (TPSA) is 128 Å². The van der Waals surface area contributed by atoms with Crippen LogP contribution in [0.25, 0.3) is 0 Å². The molecule has 10 nitrogen and oxygen atoms in total. The van der Waals surface area contributed by atoms with E-state index in [1.165, 1.54) is 4.90 Å². The fourth-order valence-electron chi connectivity index (χ4n) is 4.48. The second kappa shape index (κ2) is 14.1. The van der Waals surface area contributed by atoms with Gasteiger partial charge in [0.05, 0.1) is 17.9 Å². The van der Waals surface area contributed by atoms with Crippen LogP contribution in [0.15, 0.2) is 41.3 Å². The van der Waals surface area contributed by atoms with Gasteiger partial charge in [-0.05, 0) is 56.4 Å². The number of aryl methyl sites for hydroxylation is 1. The van der Waals surface area contributed by atoms with Gasteiger partial charge in [-0.15, -0.1) is 0 Å². The van der Waals surface area contributed by atoms with E-state index in [1.807, 2.05) is 19.1 Å². The number of nitriles is 1. The number of nitrogens with one attached hydrogen (secondary N) is 2. The van der Waals surface area contributed by atoms with E-state index in [4.69, 9.17) is 4.74 Å². The van der Waals surface area contributed by atoms with Gasteiger partial charge in [-0.3, -0.25) is 14.5 Å². The number of urea groups is 1. The first-order valence-corrected chi connectivity index (χ1v) is 13.0. The molecule has 2 N–H and O–H groups in total. The Bertz CT molecular complexity index is 1180. The predicted molar refractivity (Wildman–Crippen MR) is 144 cm³/mol. The highest BCUT2D eigenvalue weighted by molar-refractivity contribution is 5.94. The van der Waals surface area contributed by atoms with E-state index in [0.29, 0.717) is 73.8 Å². The van der Waals surface area contributed by atoms with E-state index >= 15 is 0 Å². The van der Waals surface area contributed by atoms with E-state index in [9.17, 15) is 19.6 Å². The van der Waals surface area contributed by atoms with Crippen molar-refractivity contribution in [3.8, 4) is 6.07 Å². The number of aldehydes is 1. The van der Waals surface area contributed by atoms with Crippen molar-refractivity contribution in [2.45, 2.75) is 52.5 Å². The van der Waals surface area contributed by atoms with Gasteiger partial charge in [-0.1, -0.05) is 13.0 Å². The Kier molecular flexibility index (Phi) is 10.6. The lowest BCUT2D eigenvalue weighted by Gasteiger charge is -2.30. The second-order valence-corrected chi connectivity index (χ2v) is 9.23. The Morgan fingerprint density at radius 3 is 2.74 bits per heavy atom. The lowest BCUT2D eigenvalue weighted by Crippen LogP contribution is -2.43. The van der Waals surface area contributed by atoms with Crippen LogP contribution in [0.5, 0.6) is 0 Å². The van der Waals surface area contributed by atoms with Crippen LogP contribution in [-0.4, -0.2) is 61.5 Å². The van der Waals surface area contributed by atoms with Crippen molar-refractivity contribution in [2.24, 2.45) is 0 Å². The van der Waals surface area contributed by atoms with Crippen LogP contribution >= 0.6 is 0 Å². The summed E-state index contributed by atoms with van der Waals surface area (Å²) in [5.41, 5.74) is 3.38. The molecule has 1 fully saturated rings. The third kappa shape index (κ3) is 7.29. The summed E-state index contributed by atoms with van der Waals surface area (Å²) in [5.74, 6) is 0.537.